The summed E-state index contributed by atoms with van der Waals surface area (Å²) in [5, 5.41) is 7.16. The van der Waals surface area contributed by atoms with Crippen LogP contribution in [0.3, 0.4) is 0 Å². The maximum atomic E-state index is 12.1. The molecule has 3 rings (SSSR count). The van der Waals surface area contributed by atoms with Crippen LogP contribution in [0.15, 0.2) is 36.4 Å². The van der Waals surface area contributed by atoms with Crippen LogP contribution in [0.4, 0.5) is 11.4 Å². The van der Waals surface area contributed by atoms with E-state index in [-0.39, 0.29) is 12.3 Å². The van der Waals surface area contributed by atoms with Crippen LogP contribution in [0.25, 0.3) is 0 Å². The summed E-state index contributed by atoms with van der Waals surface area (Å²) in [5.41, 5.74) is 4.05. The average molecular weight is 321 g/mol. The maximum absolute atomic E-state index is 12.1. The fourth-order valence-corrected chi connectivity index (χ4v) is 2.74. The molecule has 108 valence electrons. The third kappa shape index (κ3) is 3.31. The molecule has 0 saturated carbocycles. The van der Waals surface area contributed by atoms with Crippen molar-refractivity contribution in [2.75, 3.05) is 17.2 Å². The van der Waals surface area contributed by atoms with E-state index in [1.54, 1.807) is 18.2 Å². The Morgan fingerprint density at radius 2 is 2.00 bits per heavy atom. The number of nitrogens with one attached hydrogen (secondary N) is 2. The third-order valence-electron chi connectivity index (χ3n) is 3.45. The maximum Gasteiger partial charge on any atom is 0.228 e. The number of carbonyl (C=O) groups excluding carboxylic acids is 1. The summed E-state index contributed by atoms with van der Waals surface area (Å²) in [4.78, 5) is 12.1. The Morgan fingerprint density at radius 3 is 2.81 bits per heavy atom. The van der Waals surface area contributed by atoms with E-state index < -0.39 is 0 Å². The Kier molecular flexibility index (Phi) is 4.04. The van der Waals surface area contributed by atoms with Crippen LogP contribution in [0.2, 0.25) is 10.0 Å². The Hall–Kier alpha value is -1.71. The Morgan fingerprint density at radius 1 is 1.14 bits per heavy atom. The predicted octanol–water partition coefficient (Wildman–Crippen LogP) is 4.14. The van der Waals surface area contributed by atoms with Crippen molar-refractivity contribution >= 4 is 40.5 Å². The molecule has 1 amide bonds. The van der Waals surface area contributed by atoms with Crippen LogP contribution >= 0.6 is 23.2 Å². The molecule has 2 aromatic rings. The number of hydrogen-bond donors (Lipinski definition) is 2. The third-order valence-corrected chi connectivity index (χ3v) is 4.19. The molecular weight excluding hydrogens is 307 g/mol. The monoisotopic (exact) mass is 320 g/mol. The lowest BCUT2D eigenvalue weighted by atomic mass is 10.1. The molecule has 0 atom stereocenters. The molecule has 21 heavy (non-hydrogen) atoms. The molecule has 1 aliphatic rings. The van der Waals surface area contributed by atoms with Crippen LogP contribution in [-0.4, -0.2) is 12.5 Å². The van der Waals surface area contributed by atoms with Crippen molar-refractivity contribution in [2.45, 2.75) is 12.8 Å². The highest BCUT2D eigenvalue weighted by atomic mass is 35.5. The van der Waals surface area contributed by atoms with E-state index >= 15 is 0 Å². The summed E-state index contributed by atoms with van der Waals surface area (Å²) in [6.07, 6.45) is 1.26. The molecule has 0 radical (unpaired) electrons. The first-order valence-corrected chi connectivity index (χ1v) is 7.48. The van der Waals surface area contributed by atoms with Crippen molar-refractivity contribution in [1.82, 2.24) is 0 Å². The summed E-state index contributed by atoms with van der Waals surface area (Å²) in [7, 11) is 0. The number of benzene rings is 2. The number of carbonyl (C=O) groups is 1. The van der Waals surface area contributed by atoms with Crippen molar-refractivity contribution in [3.8, 4) is 0 Å². The van der Waals surface area contributed by atoms with E-state index in [2.05, 4.69) is 10.6 Å². The minimum absolute atomic E-state index is 0.0701. The van der Waals surface area contributed by atoms with Crippen LogP contribution in [0.5, 0.6) is 0 Å². The molecule has 2 aromatic carbocycles. The first-order valence-electron chi connectivity index (χ1n) is 6.72. The molecule has 0 spiro atoms. The van der Waals surface area contributed by atoms with Gasteiger partial charge in [0.2, 0.25) is 5.91 Å². The van der Waals surface area contributed by atoms with Gasteiger partial charge in [0.1, 0.15) is 0 Å². The second kappa shape index (κ2) is 5.96. The summed E-state index contributed by atoms with van der Waals surface area (Å²) >= 11 is 11.8. The van der Waals surface area contributed by atoms with Crippen LogP contribution in [0, 0.1) is 0 Å². The second-order valence-corrected chi connectivity index (χ2v) is 5.84. The van der Waals surface area contributed by atoms with E-state index in [4.69, 9.17) is 23.2 Å². The fraction of sp³-hybridized carbons (Fsp3) is 0.188. The lowest BCUT2D eigenvalue weighted by molar-refractivity contribution is -0.115. The van der Waals surface area contributed by atoms with Gasteiger partial charge in [0.15, 0.2) is 0 Å². The quantitative estimate of drug-likeness (QED) is 0.892. The summed E-state index contributed by atoms with van der Waals surface area (Å²) in [6.45, 7) is 0.954. The van der Waals surface area contributed by atoms with E-state index in [0.29, 0.717) is 10.0 Å². The van der Waals surface area contributed by atoms with Crippen LogP contribution < -0.4 is 10.6 Å². The lowest BCUT2D eigenvalue weighted by Crippen LogP contribution is -2.14. The molecule has 3 nitrogen and oxygen atoms in total. The van der Waals surface area contributed by atoms with Gasteiger partial charge in [-0.05, 0) is 47.9 Å². The lowest BCUT2D eigenvalue weighted by Gasteiger charge is -2.08. The molecule has 2 N–H and O–H groups in total. The molecule has 0 saturated heterocycles. The Labute approximate surface area is 133 Å². The highest BCUT2D eigenvalue weighted by Crippen LogP contribution is 2.26. The number of halogens is 2. The van der Waals surface area contributed by atoms with Gasteiger partial charge in [-0.15, -0.1) is 0 Å². The molecule has 0 bridgehead atoms. The van der Waals surface area contributed by atoms with Crippen molar-refractivity contribution in [3.63, 3.8) is 0 Å². The number of fused-ring (bicyclic) bond motifs is 1. The van der Waals surface area contributed by atoms with Crippen molar-refractivity contribution in [3.05, 3.63) is 57.6 Å². The van der Waals surface area contributed by atoms with Gasteiger partial charge < -0.3 is 10.6 Å². The molecule has 0 aromatic heterocycles. The molecule has 0 unspecified atom stereocenters. The minimum atomic E-state index is -0.0701. The molecule has 0 aliphatic carbocycles. The zero-order valence-corrected chi connectivity index (χ0v) is 12.8. The summed E-state index contributed by atoms with van der Waals surface area (Å²) in [5.74, 6) is -0.0701. The fourth-order valence-electron chi connectivity index (χ4n) is 2.42. The van der Waals surface area contributed by atoms with Crippen molar-refractivity contribution in [2.24, 2.45) is 0 Å². The number of hydrogen-bond acceptors (Lipinski definition) is 2. The molecule has 1 heterocycles. The Balaban J connectivity index is 1.67. The van der Waals surface area contributed by atoms with E-state index in [1.807, 2.05) is 18.2 Å². The van der Waals surface area contributed by atoms with Gasteiger partial charge in [0, 0.05) is 17.9 Å². The normalized spacial score (nSPS) is 12.7. The van der Waals surface area contributed by atoms with E-state index in [9.17, 15) is 4.79 Å². The Bertz CT molecular complexity index is 701. The number of anilines is 2. The van der Waals surface area contributed by atoms with Gasteiger partial charge in [-0.1, -0.05) is 29.3 Å². The van der Waals surface area contributed by atoms with Gasteiger partial charge in [-0.25, -0.2) is 0 Å². The summed E-state index contributed by atoms with van der Waals surface area (Å²) in [6, 6.07) is 11.1. The van der Waals surface area contributed by atoms with E-state index in [0.717, 1.165) is 29.9 Å². The van der Waals surface area contributed by atoms with Gasteiger partial charge in [0.25, 0.3) is 0 Å². The smallest absolute Gasteiger partial charge is 0.228 e. The molecule has 1 aliphatic heterocycles. The largest absolute Gasteiger partial charge is 0.384 e. The first kappa shape index (κ1) is 14.2. The number of amides is 1. The molecule has 5 heteroatoms. The minimum Gasteiger partial charge on any atom is -0.384 e. The highest BCUT2D eigenvalue weighted by molar-refractivity contribution is 6.42. The van der Waals surface area contributed by atoms with E-state index in [1.165, 1.54) is 5.56 Å². The average Bonchev–Trinajstić information content (AvgIpc) is 2.90. The second-order valence-electron chi connectivity index (χ2n) is 5.02. The predicted molar refractivity (Wildman–Crippen MR) is 87.4 cm³/mol. The zero-order valence-electron chi connectivity index (χ0n) is 11.2. The summed E-state index contributed by atoms with van der Waals surface area (Å²) < 4.78 is 0. The van der Waals surface area contributed by atoms with Gasteiger partial charge >= 0.3 is 0 Å². The molecular formula is C16H14Cl2N2O. The van der Waals surface area contributed by atoms with Gasteiger partial charge in [-0.2, -0.15) is 0 Å². The van der Waals surface area contributed by atoms with Gasteiger partial charge in [0.05, 0.1) is 16.5 Å². The zero-order chi connectivity index (χ0) is 14.8. The molecule has 0 fully saturated rings. The first-order chi connectivity index (χ1) is 10.1. The SMILES string of the molecule is O=C(Cc1ccc(Cl)c(Cl)c1)Nc1ccc2c(c1)CCN2. The van der Waals surface area contributed by atoms with Crippen LogP contribution in [-0.2, 0) is 17.6 Å². The van der Waals surface area contributed by atoms with Crippen LogP contribution in [0.1, 0.15) is 11.1 Å². The topological polar surface area (TPSA) is 41.1 Å². The number of rotatable bonds is 3. The van der Waals surface area contributed by atoms with Crippen molar-refractivity contribution in [1.29, 1.82) is 0 Å². The van der Waals surface area contributed by atoms with Crippen molar-refractivity contribution < 1.29 is 4.79 Å². The highest BCUT2D eigenvalue weighted by Gasteiger charge is 2.11. The standard InChI is InChI=1S/C16H14Cl2N2O/c17-13-3-1-10(7-14(13)18)8-16(21)20-12-2-4-15-11(9-12)5-6-19-15/h1-4,7,9,19H,5-6,8H2,(H,20,21). The van der Waals surface area contributed by atoms with Gasteiger partial charge in [-0.3, -0.25) is 4.79 Å².